The van der Waals surface area contributed by atoms with E-state index in [1.54, 1.807) is 0 Å². The Morgan fingerprint density at radius 3 is 2.34 bits per heavy atom. The highest BCUT2D eigenvalue weighted by atomic mass is 32.2. The van der Waals surface area contributed by atoms with E-state index in [2.05, 4.69) is 0 Å². The molecule has 0 spiro atoms. The number of carbonyl (C=O) groups excluding carboxylic acids is 1. The van der Waals surface area contributed by atoms with Crippen LogP contribution in [0.2, 0.25) is 0 Å². The SMILES string of the molecule is CC(F)(c1ccc2c(c1)CC[C@H]1[C@@H](CC(=O)CO)CC[C@@]21S(=O)(=O)c1ccc(F)cc1)C(F)(F)F. The summed E-state index contributed by atoms with van der Waals surface area (Å²) < 4.78 is 94.9. The first-order chi connectivity index (χ1) is 16.3. The topological polar surface area (TPSA) is 71.4 Å². The molecule has 190 valence electrons. The number of fused-ring (bicyclic) bond motifs is 3. The van der Waals surface area contributed by atoms with Gasteiger partial charge < -0.3 is 5.11 Å². The number of halogens is 5. The first-order valence-corrected chi connectivity index (χ1v) is 12.8. The Kier molecular flexibility index (Phi) is 6.37. The Morgan fingerprint density at radius 1 is 1.09 bits per heavy atom. The van der Waals surface area contributed by atoms with Crippen molar-refractivity contribution >= 4 is 15.6 Å². The minimum Gasteiger partial charge on any atom is -0.389 e. The Hall–Kier alpha value is -2.33. The molecule has 10 heteroatoms. The molecule has 1 N–H and O–H groups in total. The van der Waals surface area contributed by atoms with Gasteiger partial charge in [0.05, 0.1) is 4.90 Å². The molecule has 0 bridgehead atoms. The Labute approximate surface area is 200 Å². The number of rotatable bonds is 6. The van der Waals surface area contributed by atoms with Crippen LogP contribution < -0.4 is 0 Å². The van der Waals surface area contributed by atoms with Gasteiger partial charge in [-0.15, -0.1) is 0 Å². The zero-order valence-corrected chi connectivity index (χ0v) is 19.7. The fourth-order valence-corrected chi connectivity index (χ4v) is 8.35. The third kappa shape index (κ3) is 3.98. The number of hydrogen-bond acceptors (Lipinski definition) is 4. The van der Waals surface area contributed by atoms with E-state index < -0.39 is 56.1 Å². The van der Waals surface area contributed by atoms with Crippen molar-refractivity contribution in [2.24, 2.45) is 11.8 Å². The second kappa shape index (κ2) is 8.65. The second-order valence-electron chi connectivity index (χ2n) is 9.56. The lowest BCUT2D eigenvalue weighted by Crippen LogP contribution is -2.45. The fourth-order valence-electron chi connectivity index (χ4n) is 5.85. The van der Waals surface area contributed by atoms with Crippen molar-refractivity contribution in [2.45, 2.75) is 60.5 Å². The summed E-state index contributed by atoms with van der Waals surface area (Å²) in [5, 5.41) is 9.22. The van der Waals surface area contributed by atoms with Crippen LogP contribution in [0.25, 0.3) is 0 Å². The number of sulfone groups is 1. The molecule has 1 fully saturated rings. The van der Waals surface area contributed by atoms with Gasteiger partial charge in [0.1, 0.15) is 17.2 Å². The van der Waals surface area contributed by atoms with Crippen LogP contribution in [-0.4, -0.2) is 32.1 Å². The third-order valence-corrected chi connectivity index (χ3v) is 10.3. The van der Waals surface area contributed by atoms with Crippen molar-refractivity contribution in [2.75, 3.05) is 6.61 Å². The van der Waals surface area contributed by atoms with Gasteiger partial charge in [-0.1, -0.05) is 18.2 Å². The van der Waals surface area contributed by atoms with Crippen molar-refractivity contribution in [1.29, 1.82) is 0 Å². The number of alkyl halides is 4. The standard InChI is InChI=1S/C25H25F5O4S/c1-23(27,25(28,29)30)17-3-9-22-15(12-17)2-8-21-16(13-19(32)14-31)10-11-24(21,22)35(33,34)20-6-4-18(26)5-7-20/h3-7,9,12,16,21,31H,2,8,10-11,13-14H2,1H3/t16-,21+,23?,24+/m1/s1. The molecule has 0 aromatic heterocycles. The number of aliphatic hydroxyl groups is 1. The second-order valence-corrected chi connectivity index (χ2v) is 11.8. The van der Waals surface area contributed by atoms with E-state index >= 15 is 0 Å². The predicted molar refractivity (Wildman–Crippen MR) is 117 cm³/mol. The molecule has 2 aliphatic carbocycles. The number of benzene rings is 2. The van der Waals surface area contributed by atoms with Gasteiger partial charge in [0.25, 0.3) is 0 Å². The summed E-state index contributed by atoms with van der Waals surface area (Å²) in [6.07, 6.45) is -4.26. The third-order valence-electron chi connectivity index (χ3n) is 7.68. The zero-order chi connectivity index (χ0) is 25.8. The summed E-state index contributed by atoms with van der Waals surface area (Å²) in [6, 6.07) is 7.66. The summed E-state index contributed by atoms with van der Waals surface area (Å²) in [4.78, 5) is 11.9. The lowest BCUT2D eigenvalue weighted by atomic mass is 9.72. The average molecular weight is 517 g/mol. The van der Waals surface area contributed by atoms with Crippen molar-refractivity contribution in [1.82, 2.24) is 0 Å². The van der Waals surface area contributed by atoms with Crippen LogP contribution in [0, 0.1) is 17.7 Å². The minimum atomic E-state index is -5.15. The van der Waals surface area contributed by atoms with E-state index in [-0.39, 0.29) is 36.5 Å². The van der Waals surface area contributed by atoms with Crippen LogP contribution >= 0.6 is 0 Å². The number of aliphatic hydroxyl groups excluding tert-OH is 1. The van der Waals surface area contributed by atoms with Crippen LogP contribution in [0.4, 0.5) is 22.0 Å². The molecular weight excluding hydrogens is 491 g/mol. The van der Waals surface area contributed by atoms with E-state index in [9.17, 15) is 40.3 Å². The van der Waals surface area contributed by atoms with Crippen LogP contribution in [0.15, 0.2) is 47.4 Å². The van der Waals surface area contributed by atoms with E-state index in [0.717, 1.165) is 36.4 Å². The Balaban J connectivity index is 1.90. The van der Waals surface area contributed by atoms with Gasteiger partial charge in [0.2, 0.25) is 5.67 Å². The Morgan fingerprint density at radius 2 is 1.74 bits per heavy atom. The molecular formula is C25H25F5O4S. The van der Waals surface area contributed by atoms with Gasteiger partial charge in [-0.05, 0) is 85.4 Å². The number of aryl methyl sites for hydroxylation is 1. The molecule has 4 atom stereocenters. The number of hydrogen-bond donors (Lipinski definition) is 1. The molecule has 4 nitrogen and oxygen atoms in total. The fraction of sp³-hybridized carbons (Fsp3) is 0.480. The number of Topliss-reactive ketones (excluding diaryl/α,β-unsaturated/α-hetero) is 1. The molecule has 0 amide bonds. The maximum atomic E-state index is 14.7. The first kappa shape index (κ1) is 25.8. The quantitative estimate of drug-likeness (QED) is 0.425. The highest BCUT2D eigenvalue weighted by Crippen LogP contribution is 2.60. The largest absolute Gasteiger partial charge is 0.426 e. The normalized spacial score (nSPS) is 26.0. The minimum absolute atomic E-state index is 0.0219. The van der Waals surface area contributed by atoms with Crippen molar-refractivity contribution in [3.8, 4) is 0 Å². The monoisotopic (exact) mass is 516 g/mol. The van der Waals surface area contributed by atoms with Gasteiger partial charge in [-0.25, -0.2) is 17.2 Å². The molecule has 0 aliphatic heterocycles. The lowest BCUT2D eigenvalue weighted by Gasteiger charge is -2.42. The Bertz CT molecular complexity index is 1240. The molecule has 2 aliphatic rings. The smallest absolute Gasteiger partial charge is 0.389 e. The van der Waals surface area contributed by atoms with Gasteiger partial charge in [0, 0.05) is 6.42 Å². The molecule has 4 rings (SSSR count). The predicted octanol–water partition coefficient (Wildman–Crippen LogP) is 5.17. The molecule has 0 radical (unpaired) electrons. The molecule has 2 aromatic carbocycles. The maximum absolute atomic E-state index is 14.7. The average Bonchev–Trinajstić information content (AvgIpc) is 3.18. The van der Waals surface area contributed by atoms with Crippen LogP contribution in [0.1, 0.15) is 49.3 Å². The summed E-state index contributed by atoms with van der Waals surface area (Å²) >= 11 is 0. The van der Waals surface area contributed by atoms with Gasteiger partial charge >= 0.3 is 6.18 Å². The summed E-state index contributed by atoms with van der Waals surface area (Å²) in [5.41, 5.74) is -3.62. The molecule has 0 saturated heterocycles. The van der Waals surface area contributed by atoms with Gasteiger partial charge in [0.15, 0.2) is 15.6 Å². The first-order valence-electron chi connectivity index (χ1n) is 11.3. The van der Waals surface area contributed by atoms with E-state index in [1.165, 1.54) is 6.07 Å². The van der Waals surface area contributed by atoms with Crippen LogP contribution in [-0.2, 0) is 31.5 Å². The van der Waals surface area contributed by atoms with Crippen molar-refractivity contribution in [3.63, 3.8) is 0 Å². The van der Waals surface area contributed by atoms with E-state index in [4.69, 9.17) is 0 Å². The maximum Gasteiger partial charge on any atom is 0.426 e. The van der Waals surface area contributed by atoms with Gasteiger partial charge in [-0.3, -0.25) is 4.79 Å². The molecule has 1 unspecified atom stereocenters. The number of ketones is 1. The zero-order valence-electron chi connectivity index (χ0n) is 18.9. The van der Waals surface area contributed by atoms with Gasteiger partial charge in [-0.2, -0.15) is 13.2 Å². The van der Waals surface area contributed by atoms with Crippen LogP contribution in [0.5, 0.6) is 0 Å². The number of carbonyl (C=O) groups is 1. The highest BCUT2D eigenvalue weighted by molar-refractivity contribution is 7.92. The van der Waals surface area contributed by atoms with E-state index in [0.29, 0.717) is 24.5 Å². The summed E-state index contributed by atoms with van der Waals surface area (Å²) in [7, 11) is -4.20. The molecule has 1 saturated carbocycles. The summed E-state index contributed by atoms with van der Waals surface area (Å²) in [5.74, 6) is -1.96. The molecule has 0 heterocycles. The van der Waals surface area contributed by atoms with E-state index in [1.807, 2.05) is 0 Å². The molecule has 35 heavy (non-hydrogen) atoms. The molecule has 2 aromatic rings. The summed E-state index contributed by atoms with van der Waals surface area (Å²) in [6.45, 7) is -0.245. The van der Waals surface area contributed by atoms with Crippen LogP contribution in [0.3, 0.4) is 0 Å². The highest BCUT2D eigenvalue weighted by Gasteiger charge is 2.61. The van der Waals surface area contributed by atoms with Crippen molar-refractivity contribution in [3.05, 3.63) is 65.0 Å². The lowest BCUT2D eigenvalue weighted by molar-refractivity contribution is -0.228. The van der Waals surface area contributed by atoms with Crippen molar-refractivity contribution < 1.29 is 40.3 Å².